The Morgan fingerprint density at radius 2 is 1.79 bits per heavy atom. The van der Waals surface area contributed by atoms with Gasteiger partial charge >= 0.3 is 6.18 Å². The first kappa shape index (κ1) is 22.2. The lowest BCUT2D eigenvalue weighted by Crippen LogP contribution is -2.17. The Bertz CT molecular complexity index is 1280. The lowest BCUT2D eigenvalue weighted by molar-refractivity contribution is -0.141. The number of nitrogens with zero attached hydrogens (tertiary/aromatic N) is 4. The summed E-state index contributed by atoms with van der Waals surface area (Å²) in [6, 6.07) is 15.6. The van der Waals surface area contributed by atoms with E-state index in [1.807, 2.05) is 0 Å². The van der Waals surface area contributed by atoms with Crippen LogP contribution in [0.3, 0.4) is 0 Å². The van der Waals surface area contributed by atoms with E-state index in [-0.39, 0.29) is 21.7 Å². The number of alkyl halides is 3. The van der Waals surface area contributed by atoms with Crippen LogP contribution in [0.2, 0.25) is 0 Å². The SMILES string of the molecule is O=C(N/N=C\c1ccc(Sc2nc(-c3ccccc3)cc(C(F)(F)F)n2)o1)c1ccncc1. The van der Waals surface area contributed by atoms with Gasteiger partial charge in [0.15, 0.2) is 10.2 Å². The average molecular weight is 469 g/mol. The number of rotatable bonds is 6. The van der Waals surface area contributed by atoms with E-state index in [1.165, 1.54) is 30.7 Å². The molecule has 0 fully saturated rings. The maximum Gasteiger partial charge on any atom is 0.433 e. The zero-order chi connectivity index (χ0) is 23.3. The van der Waals surface area contributed by atoms with E-state index in [0.29, 0.717) is 11.1 Å². The van der Waals surface area contributed by atoms with Crippen molar-refractivity contribution in [3.8, 4) is 11.3 Å². The number of hydrogen-bond donors (Lipinski definition) is 1. The van der Waals surface area contributed by atoms with Crippen molar-refractivity contribution in [3.05, 3.63) is 90.1 Å². The van der Waals surface area contributed by atoms with Gasteiger partial charge in [0.05, 0.1) is 11.9 Å². The third-order valence-electron chi connectivity index (χ3n) is 4.16. The van der Waals surface area contributed by atoms with E-state index in [0.717, 1.165) is 17.8 Å². The molecule has 4 aromatic rings. The highest BCUT2D eigenvalue weighted by atomic mass is 32.2. The molecule has 0 spiro atoms. The van der Waals surface area contributed by atoms with Crippen LogP contribution < -0.4 is 5.43 Å². The molecule has 0 aliphatic carbocycles. The number of pyridine rings is 1. The number of hydrazone groups is 1. The van der Waals surface area contributed by atoms with Crippen LogP contribution in [0.1, 0.15) is 21.8 Å². The largest absolute Gasteiger partial charge is 0.448 e. The molecular formula is C22H14F3N5O2S. The van der Waals surface area contributed by atoms with Gasteiger partial charge in [-0.25, -0.2) is 15.4 Å². The van der Waals surface area contributed by atoms with Crippen molar-refractivity contribution in [2.75, 3.05) is 0 Å². The number of halogens is 3. The van der Waals surface area contributed by atoms with Crippen molar-refractivity contribution in [2.45, 2.75) is 16.4 Å². The fourth-order valence-corrected chi connectivity index (χ4v) is 3.39. The molecule has 0 unspecified atom stereocenters. The molecule has 1 N–H and O–H groups in total. The van der Waals surface area contributed by atoms with E-state index >= 15 is 0 Å². The van der Waals surface area contributed by atoms with Gasteiger partial charge in [0.1, 0.15) is 11.5 Å². The Labute approximate surface area is 189 Å². The molecule has 7 nitrogen and oxygen atoms in total. The van der Waals surface area contributed by atoms with Crippen LogP contribution in [0, 0.1) is 0 Å². The number of carbonyl (C=O) groups is 1. The summed E-state index contributed by atoms with van der Waals surface area (Å²) in [6.45, 7) is 0. The summed E-state index contributed by atoms with van der Waals surface area (Å²) < 4.78 is 45.6. The van der Waals surface area contributed by atoms with E-state index in [2.05, 4.69) is 25.5 Å². The van der Waals surface area contributed by atoms with Crippen molar-refractivity contribution >= 4 is 23.9 Å². The standard InChI is InChI=1S/C22H14F3N5O2S/c23-22(24,25)18-12-17(14-4-2-1-3-5-14)28-21(29-18)33-19-7-6-16(32-19)13-27-30-20(31)15-8-10-26-11-9-15/h1-13H,(H,30,31)/b27-13-. The number of benzene rings is 1. The number of carbonyl (C=O) groups excluding carboxylic acids is 1. The first-order valence-electron chi connectivity index (χ1n) is 9.41. The summed E-state index contributed by atoms with van der Waals surface area (Å²) in [5, 5.41) is 3.95. The molecule has 0 bridgehead atoms. The highest BCUT2D eigenvalue weighted by Gasteiger charge is 2.34. The summed E-state index contributed by atoms with van der Waals surface area (Å²) in [7, 11) is 0. The Morgan fingerprint density at radius 1 is 1.03 bits per heavy atom. The Hall–Kier alpha value is -3.99. The highest BCUT2D eigenvalue weighted by molar-refractivity contribution is 7.99. The van der Waals surface area contributed by atoms with E-state index in [4.69, 9.17) is 4.42 Å². The molecule has 166 valence electrons. The van der Waals surface area contributed by atoms with Gasteiger partial charge in [-0.2, -0.15) is 18.3 Å². The van der Waals surface area contributed by atoms with Crippen LogP contribution in [0.15, 0.2) is 92.8 Å². The summed E-state index contributed by atoms with van der Waals surface area (Å²) in [4.78, 5) is 23.6. The first-order valence-corrected chi connectivity index (χ1v) is 10.2. The van der Waals surface area contributed by atoms with E-state index < -0.39 is 17.8 Å². The molecule has 0 atom stereocenters. The van der Waals surface area contributed by atoms with Gasteiger partial charge < -0.3 is 4.42 Å². The Morgan fingerprint density at radius 3 is 2.52 bits per heavy atom. The van der Waals surface area contributed by atoms with Gasteiger partial charge in [-0.1, -0.05) is 30.3 Å². The second kappa shape index (κ2) is 9.65. The predicted octanol–water partition coefficient (Wildman–Crippen LogP) is 5.07. The van der Waals surface area contributed by atoms with Crippen LogP contribution in [0.4, 0.5) is 13.2 Å². The second-order valence-electron chi connectivity index (χ2n) is 6.48. The smallest absolute Gasteiger partial charge is 0.433 e. The number of aromatic nitrogens is 3. The van der Waals surface area contributed by atoms with E-state index in [1.54, 1.807) is 42.5 Å². The first-order chi connectivity index (χ1) is 15.9. The van der Waals surface area contributed by atoms with Crippen LogP contribution in [0.5, 0.6) is 0 Å². The van der Waals surface area contributed by atoms with Gasteiger partial charge in [-0.3, -0.25) is 9.78 Å². The second-order valence-corrected chi connectivity index (χ2v) is 7.45. The zero-order valence-corrected chi connectivity index (χ0v) is 17.5. The predicted molar refractivity (Wildman–Crippen MR) is 115 cm³/mol. The molecule has 0 aliphatic rings. The number of amides is 1. The van der Waals surface area contributed by atoms with Crippen molar-refractivity contribution in [2.24, 2.45) is 5.10 Å². The summed E-state index contributed by atoms with van der Waals surface area (Å²) >= 11 is 0.839. The van der Waals surface area contributed by atoms with Crippen molar-refractivity contribution < 1.29 is 22.4 Å². The molecule has 0 saturated heterocycles. The highest BCUT2D eigenvalue weighted by Crippen LogP contribution is 2.34. The van der Waals surface area contributed by atoms with Crippen molar-refractivity contribution in [1.82, 2.24) is 20.4 Å². The molecule has 0 aliphatic heterocycles. The molecule has 3 heterocycles. The lowest BCUT2D eigenvalue weighted by atomic mass is 10.1. The van der Waals surface area contributed by atoms with E-state index in [9.17, 15) is 18.0 Å². The minimum atomic E-state index is -4.63. The zero-order valence-electron chi connectivity index (χ0n) is 16.7. The minimum Gasteiger partial charge on any atom is -0.448 e. The molecule has 0 radical (unpaired) electrons. The fourth-order valence-electron chi connectivity index (χ4n) is 2.64. The van der Waals surface area contributed by atoms with Gasteiger partial charge in [0.25, 0.3) is 5.91 Å². The van der Waals surface area contributed by atoms with Crippen LogP contribution in [-0.4, -0.2) is 27.1 Å². The number of furan rings is 1. The van der Waals surface area contributed by atoms with Gasteiger partial charge in [0, 0.05) is 23.5 Å². The third-order valence-corrected chi connectivity index (χ3v) is 4.95. The Balaban J connectivity index is 1.50. The average Bonchev–Trinajstić information content (AvgIpc) is 3.26. The van der Waals surface area contributed by atoms with Gasteiger partial charge in [0.2, 0.25) is 0 Å². The minimum absolute atomic E-state index is 0.118. The topological polar surface area (TPSA) is 93.3 Å². The monoisotopic (exact) mass is 469 g/mol. The van der Waals surface area contributed by atoms with Crippen molar-refractivity contribution in [3.63, 3.8) is 0 Å². The molecule has 3 aromatic heterocycles. The number of hydrogen-bond acceptors (Lipinski definition) is 7. The van der Waals surface area contributed by atoms with Crippen molar-refractivity contribution in [1.29, 1.82) is 0 Å². The Kier molecular flexibility index (Phi) is 6.50. The maximum atomic E-state index is 13.4. The van der Waals surface area contributed by atoms with Crippen LogP contribution in [0.25, 0.3) is 11.3 Å². The summed E-state index contributed by atoms with van der Waals surface area (Å²) in [5.74, 6) is -0.150. The quantitative estimate of drug-likeness (QED) is 0.241. The molecule has 1 amide bonds. The molecule has 1 aromatic carbocycles. The molecule has 0 saturated carbocycles. The van der Waals surface area contributed by atoms with Gasteiger partial charge in [-0.05, 0) is 42.1 Å². The molecule has 11 heteroatoms. The molecular weight excluding hydrogens is 455 g/mol. The normalized spacial score (nSPS) is 11.6. The van der Waals surface area contributed by atoms with Gasteiger partial charge in [-0.15, -0.1) is 0 Å². The van der Waals surface area contributed by atoms with Crippen LogP contribution >= 0.6 is 11.8 Å². The third kappa shape index (κ3) is 5.83. The molecule has 33 heavy (non-hydrogen) atoms. The lowest BCUT2D eigenvalue weighted by Gasteiger charge is -2.09. The van der Waals surface area contributed by atoms with Crippen LogP contribution in [-0.2, 0) is 6.18 Å². The number of nitrogens with one attached hydrogen (secondary N) is 1. The summed E-state index contributed by atoms with van der Waals surface area (Å²) in [6.07, 6.45) is -0.400. The summed E-state index contributed by atoms with van der Waals surface area (Å²) in [5.41, 5.74) is 2.35. The maximum absolute atomic E-state index is 13.4. The molecule has 4 rings (SSSR count). The fraction of sp³-hybridized carbons (Fsp3) is 0.0455.